The summed E-state index contributed by atoms with van der Waals surface area (Å²) in [6.07, 6.45) is 25.1. The van der Waals surface area contributed by atoms with Crippen molar-refractivity contribution in [1.29, 1.82) is 0 Å². The van der Waals surface area contributed by atoms with Crippen LogP contribution in [0.5, 0.6) is 0 Å². The Bertz CT molecular complexity index is 194. The van der Waals surface area contributed by atoms with Crippen molar-refractivity contribution in [3.63, 3.8) is 0 Å². The average Bonchev–Trinajstić information content (AvgIpc) is 2.50. The summed E-state index contributed by atoms with van der Waals surface area (Å²) < 4.78 is 10.9. The Labute approximate surface area is 144 Å². The molecule has 0 fully saturated rings. The maximum Gasteiger partial charge on any atom is 0.105 e. The predicted molar refractivity (Wildman–Crippen MR) is 103 cm³/mol. The normalized spacial score (nSPS) is 12.7. The Morgan fingerprint density at radius 1 is 0.545 bits per heavy atom. The van der Waals surface area contributed by atoms with Gasteiger partial charge in [-0.1, -0.05) is 114 Å². The highest BCUT2D eigenvalue weighted by Gasteiger charge is 1.97. The van der Waals surface area contributed by atoms with Gasteiger partial charge in [-0.2, -0.15) is 0 Å². The molecule has 0 aliphatic rings. The lowest BCUT2D eigenvalue weighted by molar-refractivity contribution is 0.529. The summed E-state index contributed by atoms with van der Waals surface area (Å²) in [6.45, 7) is 3.89. The van der Waals surface area contributed by atoms with Gasteiger partial charge in [0.2, 0.25) is 0 Å². The zero-order valence-corrected chi connectivity index (χ0v) is 16.1. The summed E-state index contributed by atoms with van der Waals surface area (Å²) in [4.78, 5) is 0. The second-order valence-electron chi connectivity index (χ2n) is 6.79. The first-order chi connectivity index (χ1) is 10.8. The summed E-state index contributed by atoms with van der Waals surface area (Å²) in [5, 5.41) is 0. The van der Waals surface area contributed by atoms with Gasteiger partial charge in [-0.25, -0.2) is 0 Å². The van der Waals surface area contributed by atoms with Gasteiger partial charge in [0.05, 0.1) is 6.26 Å². The van der Waals surface area contributed by atoms with E-state index in [1.165, 1.54) is 96.3 Å². The van der Waals surface area contributed by atoms with Crippen LogP contribution in [0.4, 0.5) is 0 Å². The fourth-order valence-electron chi connectivity index (χ4n) is 2.96. The highest BCUT2D eigenvalue weighted by molar-refractivity contribution is 7.90. The van der Waals surface area contributed by atoms with E-state index in [4.69, 9.17) is 0 Å². The highest BCUT2D eigenvalue weighted by Crippen LogP contribution is 2.14. The van der Waals surface area contributed by atoms with Crippen LogP contribution in [0.15, 0.2) is 0 Å². The third-order valence-electron chi connectivity index (χ3n) is 4.43. The van der Waals surface area contributed by atoms with Gasteiger partial charge in [-0.05, 0) is 12.8 Å². The lowest BCUT2D eigenvalue weighted by Gasteiger charge is -2.05. The molecule has 1 radical (unpaired) electrons. The fourth-order valence-corrected chi connectivity index (χ4v) is 3.57. The third kappa shape index (κ3) is 20.3. The van der Waals surface area contributed by atoms with E-state index in [2.05, 4.69) is 6.92 Å². The van der Waals surface area contributed by atoms with Crippen molar-refractivity contribution in [2.75, 3.05) is 12.0 Å². The van der Waals surface area contributed by atoms with Crippen LogP contribution in [0.2, 0.25) is 0 Å². The van der Waals surface area contributed by atoms with Crippen molar-refractivity contribution >= 4 is 11.2 Å². The van der Waals surface area contributed by atoms with Crippen LogP contribution < -0.4 is 0 Å². The first kappa shape index (κ1) is 22.3. The number of hydrogen-bond acceptors (Lipinski definition) is 1. The minimum Gasteiger partial charge on any atom is -0.617 e. The van der Waals surface area contributed by atoms with Crippen LogP contribution in [0.1, 0.15) is 109 Å². The smallest absolute Gasteiger partial charge is 0.105 e. The van der Waals surface area contributed by atoms with E-state index in [1.54, 1.807) is 0 Å². The van der Waals surface area contributed by atoms with E-state index in [9.17, 15) is 4.55 Å². The van der Waals surface area contributed by atoms with E-state index < -0.39 is 11.2 Å². The van der Waals surface area contributed by atoms with E-state index >= 15 is 0 Å². The van der Waals surface area contributed by atoms with Gasteiger partial charge < -0.3 is 4.55 Å². The van der Waals surface area contributed by atoms with Gasteiger partial charge in [-0.15, -0.1) is 0 Å². The monoisotopic (exact) mass is 329 g/mol. The van der Waals surface area contributed by atoms with Crippen molar-refractivity contribution in [1.82, 2.24) is 0 Å². The zero-order chi connectivity index (χ0) is 16.3. The maximum absolute atomic E-state index is 10.9. The molecular weight excluding hydrogens is 288 g/mol. The topological polar surface area (TPSA) is 23.1 Å². The minimum absolute atomic E-state index is 0.586. The van der Waals surface area contributed by atoms with E-state index in [-0.39, 0.29) is 0 Å². The largest absolute Gasteiger partial charge is 0.617 e. The molecular formula is C20H41OS. The van der Waals surface area contributed by atoms with E-state index in [1.807, 2.05) is 6.26 Å². The molecule has 2 heteroatoms. The minimum atomic E-state index is -0.586. The molecule has 0 spiro atoms. The highest BCUT2D eigenvalue weighted by atomic mass is 32.2. The molecule has 1 unspecified atom stereocenters. The number of unbranched alkanes of at least 4 members (excludes halogenated alkanes) is 16. The third-order valence-corrected chi connectivity index (χ3v) is 5.30. The Kier molecular flexibility index (Phi) is 19.6. The summed E-state index contributed by atoms with van der Waals surface area (Å²) in [7, 11) is 0. The van der Waals surface area contributed by atoms with Crippen molar-refractivity contribution in [2.24, 2.45) is 0 Å². The lowest BCUT2D eigenvalue weighted by Crippen LogP contribution is -2.02. The second kappa shape index (κ2) is 19.4. The molecule has 0 saturated carbocycles. The molecule has 0 amide bonds. The fraction of sp³-hybridized carbons (Fsp3) is 0.950. The Balaban J connectivity index is 2.94. The molecule has 0 N–H and O–H groups in total. The molecule has 133 valence electrons. The first-order valence-corrected chi connectivity index (χ1v) is 11.6. The summed E-state index contributed by atoms with van der Waals surface area (Å²) in [5.74, 6) is 0.899. The van der Waals surface area contributed by atoms with Crippen LogP contribution in [-0.4, -0.2) is 16.6 Å². The van der Waals surface area contributed by atoms with Gasteiger partial charge in [-0.3, -0.25) is 0 Å². The molecule has 0 rings (SSSR count). The maximum atomic E-state index is 10.9. The van der Waals surface area contributed by atoms with Crippen molar-refractivity contribution in [3.8, 4) is 0 Å². The molecule has 0 aromatic carbocycles. The first-order valence-electron chi connectivity index (χ1n) is 9.86. The molecule has 0 saturated heterocycles. The van der Waals surface area contributed by atoms with Gasteiger partial charge in [0.25, 0.3) is 0 Å². The van der Waals surface area contributed by atoms with Crippen LogP contribution >= 0.6 is 0 Å². The standard InChI is InChI=1S/C20H41OS/c1-3-4-5-6-7-8-9-10-11-12-13-14-15-16-17-18-19-20-22(2)21/h1,3-20H2,2H3. The molecule has 0 bridgehead atoms. The summed E-state index contributed by atoms with van der Waals surface area (Å²) >= 11 is -0.586. The van der Waals surface area contributed by atoms with E-state index in [0.29, 0.717) is 0 Å². The second-order valence-corrected chi connectivity index (χ2v) is 8.34. The van der Waals surface area contributed by atoms with Crippen LogP contribution in [0.25, 0.3) is 0 Å². The van der Waals surface area contributed by atoms with E-state index in [0.717, 1.165) is 18.6 Å². The molecule has 1 atom stereocenters. The quantitative estimate of drug-likeness (QED) is 0.199. The molecule has 0 aromatic rings. The van der Waals surface area contributed by atoms with Gasteiger partial charge in [0, 0.05) is 0 Å². The van der Waals surface area contributed by atoms with Crippen molar-refractivity contribution < 1.29 is 4.55 Å². The summed E-state index contributed by atoms with van der Waals surface area (Å²) in [5.41, 5.74) is 0. The Hall–Kier alpha value is 0.310. The van der Waals surface area contributed by atoms with Gasteiger partial charge in [0.1, 0.15) is 5.75 Å². The molecule has 1 nitrogen and oxygen atoms in total. The van der Waals surface area contributed by atoms with Crippen LogP contribution in [0.3, 0.4) is 0 Å². The summed E-state index contributed by atoms with van der Waals surface area (Å²) in [6, 6.07) is 0. The lowest BCUT2D eigenvalue weighted by atomic mass is 10.0. The van der Waals surface area contributed by atoms with Gasteiger partial charge >= 0.3 is 0 Å². The number of rotatable bonds is 18. The van der Waals surface area contributed by atoms with Crippen molar-refractivity contribution in [2.45, 2.75) is 109 Å². The molecule has 22 heavy (non-hydrogen) atoms. The predicted octanol–water partition coefficient (Wildman–Crippen LogP) is 6.83. The van der Waals surface area contributed by atoms with Crippen LogP contribution in [0, 0.1) is 6.92 Å². The Morgan fingerprint density at radius 2 is 0.818 bits per heavy atom. The zero-order valence-electron chi connectivity index (χ0n) is 15.3. The molecule has 0 aromatic heterocycles. The Morgan fingerprint density at radius 3 is 1.09 bits per heavy atom. The number of hydrogen-bond donors (Lipinski definition) is 0. The molecule has 0 aliphatic carbocycles. The van der Waals surface area contributed by atoms with Crippen molar-refractivity contribution in [3.05, 3.63) is 6.92 Å². The average molecular weight is 330 g/mol. The van der Waals surface area contributed by atoms with Gasteiger partial charge in [0.15, 0.2) is 0 Å². The molecule has 0 aliphatic heterocycles. The molecule has 0 heterocycles. The SMILES string of the molecule is [CH2]CCCCCCCCCCCCCCCCCC[S+](C)[O-]. The van der Waals surface area contributed by atoms with Crippen LogP contribution in [-0.2, 0) is 11.2 Å².